The molecule has 0 radical (unpaired) electrons. The van der Waals surface area contributed by atoms with Crippen molar-refractivity contribution in [3.63, 3.8) is 0 Å². The van der Waals surface area contributed by atoms with Crippen LogP contribution in [0.1, 0.15) is 32.1 Å². The minimum Gasteiger partial charge on any atom is -0.317 e. The van der Waals surface area contributed by atoms with Gasteiger partial charge in [-0.2, -0.15) is 0 Å². The predicted octanol–water partition coefficient (Wildman–Crippen LogP) is 0.206. The number of likely N-dealkylation sites (N-methyl/N-ethyl adjacent to an activating group) is 2. The topological polar surface area (TPSA) is 52.7 Å². The van der Waals surface area contributed by atoms with Crippen LogP contribution in [0.15, 0.2) is 0 Å². The summed E-state index contributed by atoms with van der Waals surface area (Å²) in [6.45, 7) is 0. The second-order valence-electron chi connectivity index (χ2n) is 5.47. The highest BCUT2D eigenvalue weighted by Crippen LogP contribution is 2.26. The Balaban J connectivity index is 1.94. The van der Waals surface area contributed by atoms with Gasteiger partial charge in [0.15, 0.2) is 0 Å². The van der Waals surface area contributed by atoms with Gasteiger partial charge in [-0.05, 0) is 39.8 Å². The second-order valence-corrected chi connectivity index (χ2v) is 5.47. The quantitative estimate of drug-likeness (QED) is 0.730. The van der Waals surface area contributed by atoms with E-state index < -0.39 is 0 Å². The average molecular weight is 253 g/mol. The van der Waals surface area contributed by atoms with Gasteiger partial charge in [0.25, 0.3) is 0 Å². The van der Waals surface area contributed by atoms with E-state index in [-0.39, 0.29) is 17.9 Å². The molecule has 1 atom stereocenters. The summed E-state index contributed by atoms with van der Waals surface area (Å²) in [5, 5.41) is 3.31. The van der Waals surface area contributed by atoms with E-state index >= 15 is 0 Å². The number of likely N-dealkylation sites (tertiary alicyclic amines) is 1. The minimum atomic E-state index is -0.237. The summed E-state index contributed by atoms with van der Waals surface area (Å²) in [5.41, 5.74) is 0. The molecule has 5 nitrogen and oxygen atoms in total. The Bertz CT molecular complexity index is 337. The molecule has 2 fully saturated rings. The van der Waals surface area contributed by atoms with E-state index in [1.807, 2.05) is 14.1 Å². The van der Waals surface area contributed by atoms with E-state index in [1.165, 1.54) is 4.90 Å². The fourth-order valence-corrected chi connectivity index (χ4v) is 3.08. The molecule has 0 bridgehead atoms. The number of carbonyl (C=O) groups is 2. The molecule has 2 aliphatic rings. The zero-order chi connectivity index (χ0) is 13.3. The SMILES string of the molecule is CNC1CCC(N(C)C2CC(=O)N(C)C2=O)CC1. The standard InChI is InChI=1S/C13H23N3O2/c1-14-9-4-6-10(7-5-9)15(2)11-8-12(17)16(3)13(11)18/h9-11,14H,4-8H2,1-3H3. The van der Waals surface area contributed by atoms with Crippen LogP contribution in [0.5, 0.6) is 0 Å². The summed E-state index contributed by atoms with van der Waals surface area (Å²) in [6.07, 6.45) is 4.84. The lowest BCUT2D eigenvalue weighted by molar-refractivity contribution is -0.138. The molecule has 1 aliphatic heterocycles. The van der Waals surface area contributed by atoms with Crippen molar-refractivity contribution in [2.24, 2.45) is 0 Å². The lowest BCUT2D eigenvalue weighted by Crippen LogP contribution is -2.47. The fraction of sp³-hybridized carbons (Fsp3) is 0.846. The first-order valence-electron chi connectivity index (χ1n) is 6.74. The first kappa shape index (κ1) is 13.5. The van der Waals surface area contributed by atoms with Gasteiger partial charge in [0.05, 0.1) is 12.5 Å². The van der Waals surface area contributed by atoms with Gasteiger partial charge in [0, 0.05) is 19.1 Å². The third-order valence-electron chi connectivity index (χ3n) is 4.53. The Morgan fingerprint density at radius 1 is 1.22 bits per heavy atom. The van der Waals surface area contributed by atoms with Gasteiger partial charge >= 0.3 is 0 Å². The molecule has 1 unspecified atom stereocenters. The van der Waals surface area contributed by atoms with Gasteiger partial charge in [-0.25, -0.2) is 0 Å². The molecule has 2 rings (SSSR count). The monoisotopic (exact) mass is 253 g/mol. The van der Waals surface area contributed by atoms with E-state index in [4.69, 9.17) is 0 Å². The maximum Gasteiger partial charge on any atom is 0.246 e. The highest BCUT2D eigenvalue weighted by molar-refractivity contribution is 6.05. The molecule has 18 heavy (non-hydrogen) atoms. The van der Waals surface area contributed by atoms with Crippen molar-refractivity contribution < 1.29 is 9.59 Å². The van der Waals surface area contributed by atoms with Crippen molar-refractivity contribution >= 4 is 11.8 Å². The second kappa shape index (κ2) is 5.36. The van der Waals surface area contributed by atoms with Crippen molar-refractivity contribution in [1.29, 1.82) is 0 Å². The Morgan fingerprint density at radius 3 is 2.28 bits per heavy atom. The van der Waals surface area contributed by atoms with Crippen LogP contribution < -0.4 is 5.32 Å². The van der Waals surface area contributed by atoms with Crippen LogP contribution in [0.4, 0.5) is 0 Å². The largest absolute Gasteiger partial charge is 0.317 e. The number of rotatable bonds is 3. The maximum atomic E-state index is 12.0. The zero-order valence-electron chi connectivity index (χ0n) is 11.5. The molecule has 1 aliphatic carbocycles. The third kappa shape index (κ3) is 2.42. The van der Waals surface area contributed by atoms with Gasteiger partial charge in [-0.15, -0.1) is 0 Å². The van der Waals surface area contributed by atoms with Gasteiger partial charge < -0.3 is 5.32 Å². The maximum absolute atomic E-state index is 12.0. The molecule has 1 saturated carbocycles. The number of hydrogen-bond acceptors (Lipinski definition) is 4. The zero-order valence-corrected chi connectivity index (χ0v) is 11.5. The Hall–Kier alpha value is -0.940. The summed E-state index contributed by atoms with van der Waals surface area (Å²) in [5.74, 6) is -0.0981. The number of carbonyl (C=O) groups excluding carboxylic acids is 2. The van der Waals surface area contributed by atoms with Crippen LogP contribution in [0.3, 0.4) is 0 Å². The number of imide groups is 1. The van der Waals surface area contributed by atoms with Crippen LogP contribution in [-0.2, 0) is 9.59 Å². The summed E-state index contributed by atoms with van der Waals surface area (Å²) in [4.78, 5) is 26.9. The van der Waals surface area contributed by atoms with Crippen molar-refractivity contribution in [3.8, 4) is 0 Å². The molecular weight excluding hydrogens is 230 g/mol. The van der Waals surface area contributed by atoms with E-state index in [1.54, 1.807) is 7.05 Å². The fourth-order valence-electron chi connectivity index (χ4n) is 3.08. The van der Waals surface area contributed by atoms with Crippen LogP contribution in [0, 0.1) is 0 Å². The predicted molar refractivity (Wildman–Crippen MR) is 69.0 cm³/mol. The molecule has 0 aromatic heterocycles. The molecule has 0 aromatic rings. The third-order valence-corrected chi connectivity index (χ3v) is 4.53. The molecule has 0 aromatic carbocycles. The molecule has 102 valence electrons. The van der Waals surface area contributed by atoms with Crippen molar-refractivity contribution in [1.82, 2.24) is 15.1 Å². The molecule has 1 N–H and O–H groups in total. The molecule has 5 heteroatoms. The van der Waals surface area contributed by atoms with E-state index in [9.17, 15) is 9.59 Å². The molecule has 0 spiro atoms. The van der Waals surface area contributed by atoms with Crippen molar-refractivity contribution in [3.05, 3.63) is 0 Å². The Kier molecular flexibility index (Phi) is 4.02. The first-order valence-corrected chi connectivity index (χ1v) is 6.74. The highest BCUT2D eigenvalue weighted by Gasteiger charge is 2.41. The van der Waals surface area contributed by atoms with E-state index in [0.717, 1.165) is 25.7 Å². The lowest BCUT2D eigenvalue weighted by atomic mass is 9.89. The average Bonchev–Trinajstić information content (AvgIpc) is 2.66. The number of nitrogens with zero attached hydrogens (tertiary/aromatic N) is 2. The van der Waals surface area contributed by atoms with Crippen LogP contribution in [0.2, 0.25) is 0 Å². The first-order chi connectivity index (χ1) is 8.54. The van der Waals surface area contributed by atoms with Crippen molar-refractivity contribution in [2.75, 3.05) is 21.1 Å². The molecule has 1 heterocycles. The summed E-state index contributed by atoms with van der Waals surface area (Å²) >= 11 is 0. The lowest BCUT2D eigenvalue weighted by Gasteiger charge is -2.36. The smallest absolute Gasteiger partial charge is 0.246 e. The van der Waals surface area contributed by atoms with Crippen LogP contribution >= 0.6 is 0 Å². The molecule has 1 saturated heterocycles. The number of hydrogen-bond donors (Lipinski definition) is 1. The van der Waals surface area contributed by atoms with Gasteiger partial charge in [0.1, 0.15) is 0 Å². The number of amides is 2. The summed E-state index contributed by atoms with van der Waals surface area (Å²) < 4.78 is 0. The van der Waals surface area contributed by atoms with Crippen LogP contribution in [-0.4, -0.2) is 60.9 Å². The normalized spacial score (nSPS) is 33.6. The van der Waals surface area contributed by atoms with Gasteiger partial charge in [0.2, 0.25) is 11.8 Å². The van der Waals surface area contributed by atoms with Gasteiger partial charge in [-0.1, -0.05) is 0 Å². The molecular formula is C13H23N3O2. The Labute approximate surface area is 108 Å². The summed E-state index contributed by atoms with van der Waals surface area (Å²) in [7, 11) is 5.57. The minimum absolute atomic E-state index is 0.0433. The van der Waals surface area contributed by atoms with E-state index in [2.05, 4.69) is 10.2 Å². The highest BCUT2D eigenvalue weighted by atomic mass is 16.2. The van der Waals surface area contributed by atoms with Crippen molar-refractivity contribution in [2.45, 2.75) is 50.2 Å². The summed E-state index contributed by atoms with van der Waals surface area (Å²) in [6, 6.07) is 0.805. The van der Waals surface area contributed by atoms with E-state index in [0.29, 0.717) is 18.5 Å². The molecule has 2 amide bonds. The Morgan fingerprint density at radius 2 is 1.83 bits per heavy atom. The number of nitrogens with one attached hydrogen (secondary N) is 1. The van der Waals surface area contributed by atoms with Crippen LogP contribution in [0.25, 0.3) is 0 Å². The van der Waals surface area contributed by atoms with Gasteiger partial charge in [-0.3, -0.25) is 19.4 Å².